The lowest BCUT2D eigenvalue weighted by Crippen LogP contribution is -2.25. The van der Waals surface area contributed by atoms with Gasteiger partial charge in [0.25, 0.3) is 0 Å². The lowest BCUT2D eigenvalue weighted by molar-refractivity contribution is -0.386. The molecule has 0 spiro atoms. The van der Waals surface area contributed by atoms with Gasteiger partial charge in [0.2, 0.25) is 0 Å². The van der Waals surface area contributed by atoms with Crippen LogP contribution in [0.25, 0.3) is 0 Å². The SMILES string of the molecule is Cc1nn(Cc2noc(C(=O)NCCCn3ccnc3)n2)c(C)c1[N+](=O)[O-]. The van der Waals surface area contributed by atoms with Crippen molar-refractivity contribution in [1.82, 2.24) is 34.8 Å². The molecule has 27 heavy (non-hydrogen) atoms. The Balaban J connectivity index is 1.55. The van der Waals surface area contributed by atoms with E-state index in [0.717, 1.165) is 13.0 Å². The average Bonchev–Trinajstić information content (AvgIpc) is 3.34. The zero-order valence-electron chi connectivity index (χ0n) is 14.8. The van der Waals surface area contributed by atoms with E-state index in [1.165, 1.54) is 4.68 Å². The summed E-state index contributed by atoms with van der Waals surface area (Å²) in [5, 5.41) is 21.6. The molecular formula is C15H18N8O4. The highest BCUT2D eigenvalue weighted by Gasteiger charge is 2.23. The molecule has 3 aromatic rings. The molecule has 0 aliphatic carbocycles. The maximum Gasteiger partial charge on any atom is 0.316 e. The Bertz CT molecular complexity index is 943. The summed E-state index contributed by atoms with van der Waals surface area (Å²) in [5.41, 5.74) is 0.638. The molecule has 0 aliphatic rings. The van der Waals surface area contributed by atoms with Crippen LogP contribution < -0.4 is 5.32 Å². The van der Waals surface area contributed by atoms with Crippen molar-refractivity contribution >= 4 is 11.6 Å². The van der Waals surface area contributed by atoms with E-state index in [9.17, 15) is 14.9 Å². The van der Waals surface area contributed by atoms with Crippen molar-refractivity contribution in [2.24, 2.45) is 0 Å². The van der Waals surface area contributed by atoms with Gasteiger partial charge < -0.3 is 14.4 Å². The number of carbonyl (C=O) groups is 1. The van der Waals surface area contributed by atoms with Crippen molar-refractivity contribution in [3.05, 3.63) is 51.9 Å². The summed E-state index contributed by atoms with van der Waals surface area (Å²) in [7, 11) is 0. The third-order valence-corrected chi connectivity index (χ3v) is 3.92. The van der Waals surface area contributed by atoms with Gasteiger partial charge in [-0.15, -0.1) is 0 Å². The topological polar surface area (TPSA) is 147 Å². The Labute approximate surface area is 153 Å². The highest BCUT2D eigenvalue weighted by Crippen LogP contribution is 2.22. The van der Waals surface area contributed by atoms with Gasteiger partial charge in [0.1, 0.15) is 17.9 Å². The quantitative estimate of drug-likeness (QED) is 0.347. The molecular weight excluding hydrogens is 356 g/mol. The molecule has 0 radical (unpaired) electrons. The van der Waals surface area contributed by atoms with Crippen molar-refractivity contribution in [1.29, 1.82) is 0 Å². The second kappa shape index (κ2) is 7.76. The zero-order chi connectivity index (χ0) is 19.4. The lowest BCUT2D eigenvalue weighted by atomic mass is 10.3. The molecule has 1 N–H and O–H groups in total. The van der Waals surface area contributed by atoms with Gasteiger partial charge in [-0.2, -0.15) is 10.1 Å². The van der Waals surface area contributed by atoms with Crippen LogP contribution in [0, 0.1) is 24.0 Å². The second-order valence-electron chi connectivity index (χ2n) is 5.86. The van der Waals surface area contributed by atoms with E-state index in [2.05, 4.69) is 25.5 Å². The number of carbonyl (C=O) groups excluding carboxylic acids is 1. The summed E-state index contributed by atoms with van der Waals surface area (Å²) in [6.45, 7) is 4.38. The van der Waals surface area contributed by atoms with E-state index in [0.29, 0.717) is 17.9 Å². The first-order valence-electron chi connectivity index (χ1n) is 8.20. The summed E-state index contributed by atoms with van der Waals surface area (Å²) in [6.07, 6.45) is 5.96. The molecule has 12 heteroatoms. The van der Waals surface area contributed by atoms with Crippen LogP contribution in [0.5, 0.6) is 0 Å². The highest BCUT2D eigenvalue weighted by molar-refractivity contribution is 5.89. The Hall–Kier alpha value is -3.57. The smallest absolute Gasteiger partial charge is 0.316 e. The minimum absolute atomic E-state index is 0.0469. The van der Waals surface area contributed by atoms with Gasteiger partial charge in [0, 0.05) is 25.5 Å². The van der Waals surface area contributed by atoms with Crippen LogP contribution in [-0.2, 0) is 13.1 Å². The molecule has 3 aromatic heterocycles. The molecule has 0 saturated heterocycles. The standard InChI is InChI=1S/C15H18N8O4/c1-10-13(23(25)26)11(2)22(19-10)8-12-18-15(27-20-12)14(24)17-4-3-6-21-7-5-16-9-21/h5,7,9H,3-4,6,8H2,1-2H3,(H,17,24). The van der Waals surface area contributed by atoms with Gasteiger partial charge in [0.15, 0.2) is 5.82 Å². The van der Waals surface area contributed by atoms with E-state index >= 15 is 0 Å². The molecule has 1 amide bonds. The van der Waals surface area contributed by atoms with E-state index in [4.69, 9.17) is 4.52 Å². The van der Waals surface area contributed by atoms with Gasteiger partial charge in [-0.25, -0.2) is 4.98 Å². The Morgan fingerprint density at radius 3 is 2.89 bits per heavy atom. The van der Waals surface area contributed by atoms with Crippen LogP contribution in [0.4, 0.5) is 5.69 Å². The number of aryl methyl sites for hydroxylation is 2. The number of imidazole rings is 1. The number of hydrogen-bond donors (Lipinski definition) is 1. The third kappa shape index (κ3) is 4.16. The fourth-order valence-corrected chi connectivity index (χ4v) is 2.61. The molecule has 0 aromatic carbocycles. The number of nitro groups is 1. The summed E-state index contributed by atoms with van der Waals surface area (Å²) >= 11 is 0. The van der Waals surface area contributed by atoms with E-state index in [-0.39, 0.29) is 23.9 Å². The Kier molecular flexibility index (Phi) is 5.24. The number of aromatic nitrogens is 6. The number of rotatable bonds is 8. The van der Waals surface area contributed by atoms with E-state index in [1.807, 2.05) is 10.8 Å². The van der Waals surface area contributed by atoms with Gasteiger partial charge in [0.05, 0.1) is 11.3 Å². The van der Waals surface area contributed by atoms with Gasteiger partial charge in [-0.3, -0.25) is 19.6 Å². The molecule has 12 nitrogen and oxygen atoms in total. The first-order chi connectivity index (χ1) is 13.0. The Morgan fingerprint density at radius 2 is 2.22 bits per heavy atom. The first-order valence-corrected chi connectivity index (χ1v) is 8.20. The first kappa shape index (κ1) is 18.2. The predicted molar refractivity (Wildman–Crippen MR) is 90.9 cm³/mol. The summed E-state index contributed by atoms with van der Waals surface area (Å²) in [4.78, 5) is 30.6. The Morgan fingerprint density at radius 1 is 1.41 bits per heavy atom. The van der Waals surface area contributed by atoms with E-state index < -0.39 is 10.8 Å². The number of hydrogen-bond acceptors (Lipinski definition) is 8. The van der Waals surface area contributed by atoms with Crippen molar-refractivity contribution < 1.29 is 14.2 Å². The highest BCUT2D eigenvalue weighted by atomic mass is 16.6. The van der Waals surface area contributed by atoms with Crippen LogP contribution in [0.2, 0.25) is 0 Å². The summed E-state index contributed by atoms with van der Waals surface area (Å²) in [6, 6.07) is 0. The lowest BCUT2D eigenvalue weighted by Gasteiger charge is -2.02. The van der Waals surface area contributed by atoms with Gasteiger partial charge >= 0.3 is 17.5 Å². The minimum Gasteiger partial charge on any atom is -0.348 e. The normalized spacial score (nSPS) is 10.9. The summed E-state index contributed by atoms with van der Waals surface area (Å²) in [5.74, 6) is -0.429. The van der Waals surface area contributed by atoms with Crippen molar-refractivity contribution in [2.45, 2.75) is 33.4 Å². The van der Waals surface area contributed by atoms with Crippen molar-refractivity contribution in [3.63, 3.8) is 0 Å². The predicted octanol–water partition coefficient (Wildman–Crippen LogP) is 0.856. The second-order valence-corrected chi connectivity index (χ2v) is 5.86. The van der Waals surface area contributed by atoms with Gasteiger partial charge in [-0.05, 0) is 20.3 Å². The minimum atomic E-state index is -0.479. The fourth-order valence-electron chi connectivity index (χ4n) is 2.61. The molecule has 0 aliphatic heterocycles. The molecule has 142 valence electrons. The van der Waals surface area contributed by atoms with Gasteiger partial charge in [-0.1, -0.05) is 5.16 Å². The van der Waals surface area contributed by atoms with Crippen LogP contribution in [0.3, 0.4) is 0 Å². The number of nitrogens with zero attached hydrogens (tertiary/aromatic N) is 7. The van der Waals surface area contributed by atoms with Crippen LogP contribution in [0.15, 0.2) is 23.2 Å². The third-order valence-electron chi connectivity index (χ3n) is 3.92. The molecule has 3 heterocycles. The van der Waals surface area contributed by atoms with Crippen molar-refractivity contribution in [2.75, 3.05) is 6.54 Å². The number of amides is 1. The maximum atomic E-state index is 12.0. The largest absolute Gasteiger partial charge is 0.348 e. The van der Waals surface area contributed by atoms with Crippen LogP contribution in [0.1, 0.15) is 34.3 Å². The van der Waals surface area contributed by atoms with Crippen molar-refractivity contribution in [3.8, 4) is 0 Å². The molecule has 0 bridgehead atoms. The van der Waals surface area contributed by atoms with Crippen LogP contribution >= 0.6 is 0 Å². The average molecular weight is 374 g/mol. The molecule has 0 unspecified atom stereocenters. The van der Waals surface area contributed by atoms with Crippen LogP contribution in [-0.4, -0.2) is 46.8 Å². The molecule has 0 fully saturated rings. The monoisotopic (exact) mass is 374 g/mol. The fraction of sp³-hybridized carbons (Fsp3) is 0.400. The van der Waals surface area contributed by atoms with E-state index in [1.54, 1.807) is 26.4 Å². The molecule has 0 saturated carbocycles. The number of nitrogens with one attached hydrogen (secondary N) is 1. The maximum absolute atomic E-state index is 12.0. The molecule has 0 atom stereocenters. The molecule has 3 rings (SSSR count). The zero-order valence-corrected chi connectivity index (χ0v) is 14.8. The summed E-state index contributed by atoms with van der Waals surface area (Å²) < 4.78 is 8.28.